The smallest absolute Gasteiger partial charge is 0.150 e. The topological polar surface area (TPSA) is 34.1 Å². The lowest BCUT2D eigenvalue weighted by Crippen LogP contribution is -2.32. The summed E-state index contributed by atoms with van der Waals surface area (Å²) in [6, 6.07) is 0. The number of aromatic nitrogens is 1. The molecule has 0 spiro atoms. The minimum Gasteiger partial charge on any atom is -0.491 e. The van der Waals surface area contributed by atoms with Crippen LogP contribution in [0.1, 0.15) is 12.8 Å². The number of piperidine rings is 1. The van der Waals surface area contributed by atoms with E-state index in [4.69, 9.17) is 4.74 Å². The van der Waals surface area contributed by atoms with Gasteiger partial charge in [-0.15, -0.1) is 0 Å². The fraction of sp³-hybridized carbons (Fsp3) is 0.667. The van der Waals surface area contributed by atoms with Crippen LogP contribution in [-0.2, 0) is 0 Å². The van der Waals surface area contributed by atoms with Crippen molar-refractivity contribution in [2.45, 2.75) is 12.8 Å². The molecule has 0 aliphatic carbocycles. The minimum atomic E-state index is 0.675. The quantitative estimate of drug-likeness (QED) is 0.799. The first-order valence-corrected chi connectivity index (χ1v) is 5.52. The first-order valence-electron chi connectivity index (χ1n) is 4.68. The number of ether oxygens (including phenoxy) is 1. The van der Waals surface area contributed by atoms with E-state index in [2.05, 4.69) is 9.69 Å². The van der Waals surface area contributed by atoms with Crippen LogP contribution in [0.4, 0.5) is 0 Å². The highest BCUT2D eigenvalue weighted by Gasteiger charge is 2.13. The summed E-state index contributed by atoms with van der Waals surface area (Å²) in [5.41, 5.74) is 0. The van der Waals surface area contributed by atoms with Gasteiger partial charge in [0.2, 0.25) is 0 Å². The van der Waals surface area contributed by atoms with Crippen molar-refractivity contribution < 1.29 is 4.74 Å². The Morgan fingerprint density at radius 1 is 1.69 bits per heavy atom. The second-order valence-electron chi connectivity index (χ2n) is 3.38. The van der Waals surface area contributed by atoms with E-state index in [1.165, 1.54) is 24.4 Å². The van der Waals surface area contributed by atoms with Gasteiger partial charge in [0.25, 0.3) is 0 Å². The Morgan fingerprint density at radius 3 is 3.38 bits per heavy atom. The fourth-order valence-corrected chi connectivity index (χ4v) is 2.01. The van der Waals surface area contributed by atoms with Crippen molar-refractivity contribution in [2.75, 3.05) is 19.7 Å². The third-order valence-electron chi connectivity index (χ3n) is 2.29. The summed E-state index contributed by atoms with van der Waals surface area (Å²) in [7, 11) is 0. The van der Waals surface area contributed by atoms with Crippen LogP contribution < -0.4 is 10.1 Å². The molecule has 1 aromatic rings. The molecule has 1 aromatic heterocycles. The Bertz CT molecular complexity index is 232. The summed E-state index contributed by atoms with van der Waals surface area (Å²) in [6.45, 7) is 3.08. The molecular formula is C9H14N2OS. The highest BCUT2D eigenvalue weighted by molar-refractivity contribution is 7.03. The van der Waals surface area contributed by atoms with Gasteiger partial charge in [-0.25, -0.2) is 0 Å². The zero-order valence-corrected chi connectivity index (χ0v) is 8.35. The molecule has 1 atom stereocenters. The molecule has 4 heteroatoms. The minimum absolute atomic E-state index is 0.675. The number of rotatable bonds is 3. The summed E-state index contributed by atoms with van der Waals surface area (Å²) in [5, 5.41) is 5.31. The van der Waals surface area contributed by atoms with Gasteiger partial charge in [-0.1, -0.05) is 0 Å². The van der Waals surface area contributed by atoms with Crippen LogP contribution in [0, 0.1) is 5.92 Å². The monoisotopic (exact) mass is 198 g/mol. The maximum absolute atomic E-state index is 5.59. The van der Waals surface area contributed by atoms with Crippen molar-refractivity contribution in [2.24, 2.45) is 5.92 Å². The van der Waals surface area contributed by atoms with Crippen LogP contribution in [0.2, 0.25) is 0 Å². The molecule has 0 aromatic carbocycles. The summed E-state index contributed by atoms with van der Waals surface area (Å²) in [6.07, 6.45) is 4.33. The highest BCUT2D eigenvalue weighted by atomic mass is 32.1. The van der Waals surface area contributed by atoms with E-state index < -0.39 is 0 Å². The summed E-state index contributed by atoms with van der Waals surface area (Å²) in [5.74, 6) is 1.59. The SMILES string of the molecule is c1nscc1OCC1CCCNC1. The highest BCUT2D eigenvalue weighted by Crippen LogP contribution is 2.15. The van der Waals surface area contributed by atoms with Crippen LogP contribution in [-0.4, -0.2) is 24.1 Å². The number of nitrogens with zero attached hydrogens (tertiary/aromatic N) is 1. The molecule has 1 N–H and O–H groups in total. The Labute approximate surface area is 82.3 Å². The Morgan fingerprint density at radius 2 is 2.69 bits per heavy atom. The van der Waals surface area contributed by atoms with Gasteiger partial charge >= 0.3 is 0 Å². The summed E-state index contributed by atoms with van der Waals surface area (Å²) < 4.78 is 9.58. The predicted molar refractivity (Wildman–Crippen MR) is 53.2 cm³/mol. The normalized spacial score (nSPS) is 22.9. The average molecular weight is 198 g/mol. The molecule has 0 saturated carbocycles. The number of hydrogen-bond donors (Lipinski definition) is 1. The van der Waals surface area contributed by atoms with E-state index in [-0.39, 0.29) is 0 Å². The Balaban J connectivity index is 1.72. The largest absolute Gasteiger partial charge is 0.491 e. The van der Waals surface area contributed by atoms with Crippen molar-refractivity contribution in [1.82, 2.24) is 9.69 Å². The van der Waals surface area contributed by atoms with Crippen molar-refractivity contribution in [3.63, 3.8) is 0 Å². The molecule has 1 unspecified atom stereocenters. The molecule has 0 amide bonds. The molecule has 1 aliphatic heterocycles. The van der Waals surface area contributed by atoms with Crippen LogP contribution in [0.5, 0.6) is 5.75 Å². The molecule has 2 rings (SSSR count). The van der Waals surface area contributed by atoms with Gasteiger partial charge in [-0.2, -0.15) is 4.37 Å². The van der Waals surface area contributed by atoms with Gasteiger partial charge < -0.3 is 10.1 Å². The van der Waals surface area contributed by atoms with Crippen LogP contribution in [0.15, 0.2) is 11.6 Å². The maximum Gasteiger partial charge on any atom is 0.150 e. The van der Waals surface area contributed by atoms with Crippen LogP contribution >= 0.6 is 11.5 Å². The molecule has 72 valence electrons. The third-order valence-corrected chi connectivity index (χ3v) is 2.86. The van der Waals surface area contributed by atoms with Crippen molar-refractivity contribution in [3.8, 4) is 5.75 Å². The van der Waals surface area contributed by atoms with Crippen LogP contribution in [0.25, 0.3) is 0 Å². The average Bonchev–Trinajstić information content (AvgIpc) is 2.69. The molecular weight excluding hydrogens is 184 g/mol. The lowest BCUT2D eigenvalue weighted by molar-refractivity contribution is 0.219. The molecule has 1 fully saturated rings. The van der Waals surface area contributed by atoms with E-state index in [1.807, 2.05) is 5.38 Å². The zero-order valence-electron chi connectivity index (χ0n) is 7.53. The summed E-state index contributed by atoms with van der Waals surface area (Å²) in [4.78, 5) is 0. The van der Waals surface area contributed by atoms with Crippen LogP contribution in [0.3, 0.4) is 0 Å². The van der Waals surface area contributed by atoms with Gasteiger partial charge in [-0.05, 0) is 30.9 Å². The molecule has 13 heavy (non-hydrogen) atoms. The Kier molecular flexibility index (Phi) is 3.16. The van der Waals surface area contributed by atoms with E-state index in [1.54, 1.807) is 6.20 Å². The number of hydrogen-bond acceptors (Lipinski definition) is 4. The van der Waals surface area contributed by atoms with Crippen molar-refractivity contribution in [3.05, 3.63) is 11.6 Å². The Hall–Kier alpha value is -0.610. The van der Waals surface area contributed by atoms with Gasteiger partial charge in [0.15, 0.2) is 0 Å². The molecule has 2 heterocycles. The molecule has 1 aliphatic rings. The van der Waals surface area contributed by atoms with E-state index in [0.717, 1.165) is 25.4 Å². The zero-order chi connectivity index (χ0) is 8.93. The predicted octanol–water partition coefficient (Wildman–Crippen LogP) is 1.52. The lowest BCUT2D eigenvalue weighted by atomic mass is 10.0. The standard InChI is InChI=1S/C9H14N2OS/c1-2-8(4-10-3-1)6-12-9-5-11-13-7-9/h5,7-8,10H,1-4,6H2. The molecule has 0 bridgehead atoms. The second kappa shape index (κ2) is 4.58. The fourth-order valence-electron chi connectivity index (χ4n) is 1.55. The first-order chi connectivity index (χ1) is 6.45. The van der Waals surface area contributed by atoms with Gasteiger partial charge in [0.05, 0.1) is 18.2 Å². The number of nitrogens with one attached hydrogen (secondary N) is 1. The molecule has 1 saturated heterocycles. The van der Waals surface area contributed by atoms with E-state index >= 15 is 0 Å². The summed E-state index contributed by atoms with van der Waals surface area (Å²) >= 11 is 1.44. The molecule has 3 nitrogen and oxygen atoms in total. The maximum atomic E-state index is 5.59. The van der Waals surface area contributed by atoms with Gasteiger partial charge in [0.1, 0.15) is 5.75 Å². The van der Waals surface area contributed by atoms with E-state index in [9.17, 15) is 0 Å². The van der Waals surface area contributed by atoms with Crippen molar-refractivity contribution >= 4 is 11.5 Å². The van der Waals surface area contributed by atoms with Crippen molar-refractivity contribution in [1.29, 1.82) is 0 Å². The first kappa shape index (κ1) is 8.97. The van der Waals surface area contributed by atoms with Gasteiger partial charge in [-0.3, -0.25) is 0 Å². The lowest BCUT2D eigenvalue weighted by Gasteiger charge is -2.22. The third kappa shape index (κ3) is 2.67. The second-order valence-corrected chi connectivity index (χ2v) is 4.04. The molecule has 0 radical (unpaired) electrons. The van der Waals surface area contributed by atoms with E-state index in [0.29, 0.717) is 5.92 Å². The van der Waals surface area contributed by atoms with Gasteiger partial charge in [0, 0.05) is 12.5 Å².